The van der Waals surface area contributed by atoms with E-state index in [-0.39, 0.29) is 5.02 Å². The van der Waals surface area contributed by atoms with E-state index in [4.69, 9.17) is 21.1 Å². The second-order valence-corrected chi connectivity index (χ2v) is 4.59. The van der Waals surface area contributed by atoms with Gasteiger partial charge in [0.05, 0.1) is 19.2 Å². The quantitative estimate of drug-likeness (QED) is 0.937. The molecule has 5 heteroatoms. The third kappa shape index (κ3) is 2.86. The average molecular weight is 297 g/mol. The van der Waals surface area contributed by atoms with Crippen LogP contribution in [0.2, 0.25) is 5.02 Å². The maximum absolute atomic E-state index is 13.2. The van der Waals surface area contributed by atoms with Crippen molar-refractivity contribution < 1.29 is 19.0 Å². The lowest BCUT2D eigenvalue weighted by molar-refractivity contribution is 0.214. The van der Waals surface area contributed by atoms with Crippen LogP contribution in [0.4, 0.5) is 4.39 Å². The third-order valence-corrected chi connectivity index (χ3v) is 3.28. The predicted molar refractivity (Wildman–Crippen MR) is 75.0 cm³/mol. The molecule has 1 N–H and O–H groups in total. The highest BCUT2D eigenvalue weighted by Crippen LogP contribution is 2.34. The van der Waals surface area contributed by atoms with Crippen molar-refractivity contribution in [1.29, 1.82) is 0 Å². The summed E-state index contributed by atoms with van der Waals surface area (Å²) in [6, 6.07) is 9.18. The van der Waals surface area contributed by atoms with Crippen molar-refractivity contribution >= 4 is 11.6 Å². The van der Waals surface area contributed by atoms with Gasteiger partial charge in [-0.3, -0.25) is 0 Å². The molecule has 1 atom stereocenters. The maximum Gasteiger partial charge on any atom is 0.141 e. The van der Waals surface area contributed by atoms with E-state index in [1.165, 1.54) is 32.4 Å². The van der Waals surface area contributed by atoms with Crippen LogP contribution in [0.3, 0.4) is 0 Å². The molecule has 0 radical (unpaired) electrons. The molecular formula is C15H14ClFO3. The number of halogens is 2. The largest absolute Gasteiger partial charge is 0.497 e. The van der Waals surface area contributed by atoms with Gasteiger partial charge < -0.3 is 14.6 Å². The molecule has 0 aliphatic rings. The molecule has 0 spiro atoms. The van der Waals surface area contributed by atoms with Gasteiger partial charge in [0.15, 0.2) is 0 Å². The molecule has 3 nitrogen and oxygen atoms in total. The SMILES string of the molecule is COc1ccc(OC)c(C(O)c2ccc(F)c(Cl)c2)c1. The molecular weight excluding hydrogens is 283 g/mol. The summed E-state index contributed by atoms with van der Waals surface area (Å²) in [6.07, 6.45) is -0.988. The number of aliphatic hydroxyl groups is 1. The fraction of sp³-hybridized carbons (Fsp3) is 0.200. The molecule has 106 valence electrons. The smallest absolute Gasteiger partial charge is 0.141 e. The van der Waals surface area contributed by atoms with Crippen LogP contribution in [0.25, 0.3) is 0 Å². The maximum atomic E-state index is 13.2. The minimum Gasteiger partial charge on any atom is -0.497 e. The lowest BCUT2D eigenvalue weighted by Gasteiger charge is -2.16. The van der Waals surface area contributed by atoms with E-state index >= 15 is 0 Å². The first-order valence-corrected chi connectivity index (χ1v) is 6.29. The summed E-state index contributed by atoms with van der Waals surface area (Å²) in [6.45, 7) is 0. The molecule has 2 aromatic carbocycles. The van der Waals surface area contributed by atoms with Crippen molar-refractivity contribution in [1.82, 2.24) is 0 Å². The van der Waals surface area contributed by atoms with Crippen LogP contribution in [-0.2, 0) is 0 Å². The molecule has 2 rings (SSSR count). The lowest BCUT2D eigenvalue weighted by Crippen LogP contribution is -2.03. The Labute approximate surface area is 121 Å². The van der Waals surface area contributed by atoms with E-state index in [9.17, 15) is 9.50 Å². The van der Waals surface area contributed by atoms with Crippen molar-refractivity contribution in [2.75, 3.05) is 14.2 Å². The van der Waals surface area contributed by atoms with Gasteiger partial charge in [-0.05, 0) is 35.9 Å². The minimum atomic E-state index is -0.988. The average Bonchev–Trinajstić information content (AvgIpc) is 2.48. The Morgan fingerprint density at radius 1 is 1.10 bits per heavy atom. The molecule has 0 aromatic heterocycles. The van der Waals surface area contributed by atoms with Crippen LogP contribution in [-0.4, -0.2) is 19.3 Å². The van der Waals surface area contributed by atoms with E-state index in [0.717, 1.165) is 0 Å². The van der Waals surface area contributed by atoms with E-state index in [1.54, 1.807) is 18.2 Å². The Hall–Kier alpha value is -1.78. The van der Waals surface area contributed by atoms with Gasteiger partial charge in [0.2, 0.25) is 0 Å². The second kappa shape index (κ2) is 6.11. The number of aliphatic hydroxyl groups excluding tert-OH is 1. The summed E-state index contributed by atoms with van der Waals surface area (Å²) in [4.78, 5) is 0. The van der Waals surface area contributed by atoms with Crippen LogP contribution < -0.4 is 9.47 Å². The number of methoxy groups -OCH3 is 2. The van der Waals surface area contributed by atoms with Crippen LogP contribution in [0.15, 0.2) is 36.4 Å². The van der Waals surface area contributed by atoms with E-state index < -0.39 is 11.9 Å². The van der Waals surface area contributed by atoms with Crippen LogP contribution in [0.5, 0.6) is 11.5 Å². The number of hydrogen-bond acceptors (Lipinski definition) is 3. The number of rotatable bonds is 4. The van der Waals surface area contributed by atoms with Gasteiger partial charge in [-0.15, -0.1) is 0 Å². The first-order valence-electron chi connectivity index (χ1n) is 5.91. The zero-order chi connectivity index (χ0) is 14.7. The Bertz CT molecular complexity index is 616. The fourth-order valence-electron chi connectivity index (χ4n) is 1.92. The van der Waals surface area contributed by atoms with Crippen molar-refractivity contribution in [2.24, 2.45) is 0 Å². The number of ether oxygens (including phenoxy) is 2. The van der Waals surface area contributed by atoms with Crippen LogP contribution >= 0.6 is 11.6 Å². The molecule has 0 fully saturated rings. The highest BCUT2D eigenvalue weighted by molar-refractivity contribution is 6.30. The number of benzene rings is 2. The molecule has 0 aliphatic carbocycles. The van der Waals surface area contributed by atoms with E-state index in [2.05, 4.69) is 0 Å². The Morgan fingerprint density at radius 3 is 2.45 bits per heavy atom. The van der Waals surface area contributed by atoms with Gasteiger partial charge in [0, 0.05) is 5.56 Å². The van der Waals surface area contributed by atoms with Gasteiger partial charge >= 0.3 is 0 Å². The van der Waals surface area contributed by atoms with Crippen molar-refractivity contribution in [3.8, 4) is 11.5 Å². The van der Waals surface area contributed by atoms with Crippen LogP contribution in [0.1, 0.15) is 17.2 Å². The second-order valence-electron chi connectivity index (χ2n) is 4.18. The normalized spacial score (nSPS) is 12.1. The Kier molecular flexibility index (Phi) is 4.47. The predicted octanol–water partition coefficient (Wildman–Crippen LogP) is 3.58. The molecule has 0 aliphatic heterocycles. The topological polar surface area (TPSA) is 38.7 Å². The first kappa shape index (κ1) is 14.6. The van der Waals surface area contributed by atoms with E-state index in [0.29, 0.717) is 22.6 Å². The highest BCUT2D eigenvalue weighted by atomic mass is 35.5. The fourth-order valence-corrected chi connectivity index (χ4v) is 2.10. The summed E-state index contributed by atoms with van der Waals surface area (Å²) >= 11 is 5.74. The summed E-state index contributed by atoms with van der Waals surface area (Å²) in [5.74, 6) is 0.576. The molecule has 2 aromatic rings. The lowest BCUT2D eigenvalue weighted by atomic mass is 10.0. The standard InChI is InChI=1S/C15H14ClFO3/c1-19-10-4-6-14(20-2)11(8-10)15(18)9-3-5-13(17)12(16)7-9/h3-8,15,18H,1-2H3. The summed E-state index contributed by atoms with van der Waals surface area (Å²) in [5.41, 5.74) is 0.998. The highest BCUT2D eigenvalue weighted by Gasteiger charge is 2.17. The third-order valence-electron chi connectivity index (χ3n) is 2.99. The Balaban J connectivity index is 2.45. The van der Waals surface area contributed by atoms with Gasteiger partial charge in [-0.2, -0.15) is 0 Å². The summed E-state index contributed by atoms with van der Waals surface area (Å²) < 4.78 is 23.5. The molecule has 1 unspecified atom stereocenters. The monoisotopic (exact) mass is 296 g/mol. The summed E-state index contributed by atoms with van der Waals surface area (Å²) in [7, 11) is 3.04. The number of hydrogen-bond donors (Lipinski definition) is 1. The van der Waals surface area contributed by atoms with Gasteiger partial charge in [0.1, 0.15) is 23.4 Å². The van der Waals surface area contributed by atoms with Crippen molar-refractivity contribution in [3.63, 3.8) is 0 Å². The Morgan fingerprint density at radius 2 is 1.85 bits per heavy atom. The molecule has 20 heavy (non-hydrogen) atoms. The zero-order valence-electron chi connectivity index (χ0n) is 11.1. The van der Waals surface area contributed by atoms with Gasteiger partial charge in [-0.25, -0.2) is 4.39 Å². The van der Waals surface area contributed by atoms with Crippen LogP contribution in [0, 0.1) is 5.82 Å². The molecule has 0 amide bonds. The first-order chi connectivity index (χ1) is 9.56. The molecule has 0 saturated heterocycles. The molecule has 0 bridgehead atoms. The molecule has 0 saturated carbocycles. The van der Waals surface area contributed by atoms with Gasteiger partial charge in [0.25, 0.3) is 0 Å². The van der Waals surface area contributed by atoms with Crippen molar-refractivity contribution in [3.05, 3.63) is 58.4 Å². The van der Waals surface area contributed by atoms with Crippen molar-refractivity contribution in [2.45, 2.75) is 6.10 Å². The molecule has 0 heterocycles. The minimum absolute atomic E-state index is 0.0385. The summed E-state index contributed by atoms with van der Waals surface area (Å²) in [5, 5.41) is 10.4. The zero-order valence-corrected chi connectivity index (χ0v) is 11.8. The van der Waals surface area contributed by atoms with Gasteiger partial charge in [-0.1, -0.05) is 17.7 Å². The van der Waals surface area contributed by atoms with E-state index in [1.807, 2.05) is 0 Å².